The highest BCUT2D eigenvalue weighted by Gasteiger charge is 2.12. The molecule has 92 valence electrons. The molecule has 1 aromatic heterocycles. The standard InChI is InChI=1S/C14H23BrS/c1-4-6-7-8-9-12-10-13(15)16-14(12)11(3)5-2/h10-11H,4-9H2,1-3H3. The lowest BCUT2D eigenvalue weighted by Gasteiger charge is -2.09. The summed E-state index contributed by atoms with van der Waals surface area (Å²) < 4.78 is 1.30. The van der Waals surface area contributed by atoms with Crippen molar-refractivity contribution < 1.29 is 0 Å². The van der Waals surface area contributed by atoms with E-state index in [1.807, 2.05) is 11.3 Å². The first-order chi connectivity index (χ1) is 7.69. The second-order valence-electron chi connectivity index (χ2n) is 4.56. The van der Waals surface area contributed by atoms with Gasteiger partial charge in [-0.1, -0.05) is 40.0 Å². The molecule has 1 atom stereocenters. The van der Waals surface area contributed by atoms with Gasteiger partial charge in [-0.15, -0.1) is 11.3 Å². The van der Waals surface area contributed by atoms with E-state index < -0.39 is 0 Å². The number of thiophene rings is 1. The van der Waals surface area contributed by atoms with Crippen molar-refractivity contribution in [2.24, 2.45) is 0 Å². The zero-order chi connectivity index (χ0) is 12.0. The molecule has 1 unspecified atom stereocenters. The molecule has 0 aliphatic carbocycles. The van der Waals surface area contributed by atoms with Gasteiger partial charge in [0.25, 0.3) is 0 Å². The Bertz CT molecular complexity index is 304. The number of unbranched alkanes of at least 4 members (excludes halogenated alkanes) is 3. The summed E-state index contributed by atoms with van der Waals surface area (Å²) in [6.07, 6.45) is 7.94. The number of rotatable bonds is 7. The molecule has 1 aromatic rings. The average molecular weight is 303 g/mol. The summed E-state index contributed by atoms with van der Waals surface area (Å²) in [5.74, 6) is 0.720. The summed E-state index contributed by atoms with van der Waals surface area (Å²) in [4.78, 5) is 1.60. The van der Waals surface area contributed by atoms with E-state index in [2.05, 4.69) is 42.8 Å². The van der Waals surface area contributed by atoms with Crippen molar-refractivity contribution in [3.8, 4) is 0 Å². The Morgan fingerprint density at radius 2 is 2.00 bits per heavy atom. The van der Waals surface area contributed by atoms with E-state index >= 15 is 0 Å². The normalized spacial score (nSPS) is 13.0. The predicted octanol–water partition coefficient (Wildman–Crippen LogP) is 6.15. The maximum atomic E-state index is 3.62. The summed E-state index contributed by atoms with van der Waals surface area (Å²) in [6, 6.07) is 2.33. The van der Waals surface area contributed by atoms with E-state index in [9.17, 15) is 0 Å². The van der Waals surface area contributed by atoms with E-state index in [0.29, 0.717) is 0 Å². The topological polar surface area (TPSA) is 0 Å². The second kappa shape index (κ2) is 7.50. The van der Waals surface area contributed by atoms with E-state index in [-0.39, 0.29) is 0 Å². The first-order valence-corrected chi connectivity index (χ1v) is 8.08. The zero-order valence-corrected chi connectivity index (χ0v) is 13.1. The molecule has 0 N–H and O–H groups in total. The molecular formula is C14H23BrS. The lowest BCUT2D eigenvalue weighted by molar-refractivity contribution is 0.659. The minimum Gasteiger partial charge on any atom is -0.133 e. The van der Waals surface area contributed by atoms with Gasteiger partial charge >= 0.3 is 0 Å². The van der Waals surface area contributed by atoms with Gasteiger partial charge < -0.3 is 0 Å². The maximum Gasteiger partial charge on any atom is 0.0704 e. The van der Waals surface area contributed by atoms with Crippen molar-refractivity contribution in [3.63, 3.8) is 0 Å². The third kappa shape index (κ3) is 4.21. The number of aryl methyl sites for hydroxylation is 1. The van der Waals surface area contributed by atoms with Crippen LogP contribution in [0.2, 0.25) is 0 Å². The Kier molecular flexibility index (Phi) is 6.67. The molecule has 0 bridgehead atoms. The summed E-state index contributed by atoms with van der Waals surface area (Å²) in [6.45, 7) is 6.89. The maximum absolute atomic E-state index is 3.62. The van der Waals surface area contributed by atoms with E-state index in [1.54, 1.807) is 10.4 Å². The van der Waals surface area contributed by atoms with Crippen LogP contribution in [-0.4, -0.2) is 0 Å². The molecule has 0 saturated carbocycles. The summed E-state index contributed by atoms with van der Waals surface area (Å²) in [7, 11) is 0. The highest BCUT2D eigenvalue weighted by molar-refractivity contribution is 9.11. The molecule has 0 fully saturated rings. The van der Waals surface area contributed by atoms with Crippen LogP contribution in [0.5, 0.6) is 0 Å². The van der Waals surface area contributed by atoms with Crippen LogP contribution in [0.25, 0.3) is 0 Å². The lowest BCUT2D eigenvalue weighted by atomic mass is 10.00. The average Bonchev–Trinajstić information content (AvgIpc) is 2.65. The van der Waals surface area contributed by atoms with Crippen molar-refractivity contribution in [2.45, 2.75) is 65.2 Å². The molecule has 0 aliphatic heterocycles. The van der Waals surface area contributed by atoms with Crippen LogP contribution in [0.15, 0.2) is 9.85 Å². The molecule has 0 aliphatic rings. The monoisotopic (exact) mass is 302 g/mol. The Hall–Kier alpha value is 0.180. The third-order valence-electron chi connectivity index (χ3n) is 3.17. The van der Waals surface area contributed by atoms with Gasteiger partial charge in [-0.05, 0) is 52.7 Å². The molecule has 0 amide bonds. The lowest BCUT2D eigenvalue weighted by Crippen LogP contribution is -1.93. The third-order valence-corrected chi connectivity index (χ3v) is 5.08. The van der Waals surface area contributed by atoms with Gasteiger partial charge in [-0.25, -0.2) is 0 Å². The molecule has 1 rings (SSSR count). The Labute approximate surface area is 113 Å². The molecule has 0 aromatic carbocycles. The van der Waals surface area contributed by atoms with Crippen LogP contribution < -0.4 is 0 Å². The minimum absolute atomic E-state index is 0.720. The van der Waals surface area contributed by atoms with Crippen LogP contribution in [-0.2, 0) is 6.42 Å². The zero-order valence-electron chi connectivity index (χ0n) is 10.7. The molecule has 1 heterocycles. The summed E-state index contributed by atoms with van der Waals surface area (Å²) in [5, 5.41) is 0. The smallest absolute Gasteiger partial charge is 0.0704 e. The van der Waals surface area contributed by atoms with Gasteiger partial charge in [0.2, 0.25) is 0 Å². The number of halogens is 1. The minimum atomic E-state index is 0.720. The van der Waals surface area contributed by atoms with Crippen molar-refractivity contribution in [3.05, 3.63) is 20.3 Å². The van der Waals surface area contributed by atoms with Crippen molar-refractivity contribution >= 4 is 27.3 Å². The molecule has 0 spiro atoms. The van der Waals surface area contributed by atoms with Crippen LogP contribution in [0.1, 0.15) is 69.2 Å². The SMILES string of the molecule is CCCCCCc1cc(Br)sc1C(C)CC. The Balaban J connectivity index is 2.56. The molecule has 0 saturated heterocycles. The fraction of sp³-hybridized carbons (Fsp3) is 0.714. The predicted molar refractivity (Wildman–Crippen MR) is 78.6 cm³/mol. The number of hydrogen-bond acceptors (Lipinski definition) is 1. The van der Waals surface area contributed by atoms with Gasteiger partial charge in [-0.2, -0.15) is 0 Å². The van der Waals surface area contributed by atoms with Crippen LogP contribution >= 0.6 is 27.3 Å². The van der Waals surface area contributed by atoms with Crippen molar-refractivity contribution in [2.75, 3.05) is 0 Å². The van der Waals surface area contributed by atoms with E-state index in [4.69, 9.17) is 0 Å². The van der Waals surface area contributed by atoms with E-state index in [1.165, 1.54) is 42.3 Å². The number of hydrogen-bond donors (Lipinski definition) is 0. The highest BCUT2D eigenvalue weighted by atomic mass is 79.9. The summed E-state index contributed by atoms with van der Waals surface area (Å²) >= 11 is 5.55. The largest absolute Gasteiger partial charge is 0.133 e. The van der Waals surface area contributed by atoms with Gasteiger partial charge in [0.05, 0.1) is 3.79 Å². The van der Waals surface area contributed by atoms with Crippen molar-refractivity contribution in [1.82, 2.24) is 0 Å². The van der Waals surface area contributed by atoms with Crippen LogP contribution in [0, 0.1) is 0 Å². The van der Waals surface area contributed by atoms with Crippen molar-refractivity contribution in [1.29, 1.82) is 0 Å². The first-order valence-electron chi connectivity index (χ1n) is 6.47. The fourth-order valence-corrected chi connectivity index (χ4v) is 3.82. The van der Waals surface area contributed by atoms with Gasteiger partial charge in [0.1, 0.15) is 0 Å². The Morgan fingerprint density at radius 1 is 1.25 bits per heavy atom. The molecule has 0 radical (unpaired) electrons. The quantitative estimate of drug-likeness (QED) is 0.530. The second-order valence-corrected chi connectivity index (χ2v) is 7.02. The summed E-state index contributed by atoms with van der Waals surface area (Å²) in [5.41, 5.74) is 1.59. The van der Waals surface area contributed by atoms with Gasteiger partial charge in [-0.3, -0.25) is 0 Å². The highest BCUT2D eigenvalue weighted by Crippen LogP contribution is 2.35. The van der Waals surface area contributed by atoms with Crippen LogP contribution in [0.4, 0.5) is 0 Å². The van der Waals surface area contributed by atoms with Gasteiger partial charge in [0.15, 0.2) is 0 Å². The van der Waals surface area contributed by atoms with E-state index in [0.717, 1.165) is 5.92 Å². The fourth-order valence-electron chi connectivity index (χ4n) is 1.95. The molecule has 2 heteroatoms. The van der Waals surface area contributed by atoms with Gasteiger partial charge in [0, 0.05) is 4.88 Å². The molecular weight excluding hydrogens is 280 g/mol. The molecule has 0 nitrogen and oxygen atoms in total. The Morgan fingerprint density at radius 3 is 2.62 bits per heavy atom. The van der Waals surface area contributed by atoms with Crippen LogP contribution in [0.3, 0.4) is 0 Å². The molecule has 16 heavy (non-hydrogen) atoms. The first kappa shape index (κ1) is 14.2.